The van der Waals surface area contributed by atoms with Gasteiger partial charge in [0.1, 0.15) is 0 Å². The third-order valence-electron chi connectivity index (χ3n) is 4.32. The van der Waals surface area contributed by atoms with E-state index in [0.717, 1.165) is 12.1 Å². The minimum Gasteiger partial charge on any atom is -0.307 e. The van der Waals surface area contributed by atoms with E-state index in [1.807, 2.05) is 11.7 Å². The quantitative estimate of drug-likeness (QED) is 0.909. The van der Waals surface area contributed by atoms with Crippen molar-refractivity contribution < 1.29 is 0 Å². The minimum absolute atomic E-state index is 0.317. The molecule has 2 rings (SSSR count). The Morgan fingerprint density at radius 1 is 1.14 bits per heavy atom. The van der Waals surface area contributed by atoms with Crippen LogP contribution < -0.4 is 5.32 Å². The van der Waals surface area contributed by atoms with E-state index in [-0.39, 0.29) is 0 Å². The minimum atomic E-state index is 0.317. The van der Waals surface area contributed by atoms with Gasteiger partial charge in [-0.1, -0.05) is 24.3 Å². The average molecular weight is 285 g/mol. The van der Waals surface area contributed by atoms with Crippen molar-refractivity contribution in [2.75, 3.05) is 0 Å². The van der Waals surface area contributed by atoms with E-state index in [2.05, 4.69) is 69.3 Å². The lowest BCUT2D eigenvalue weighted by atomic mass is 10.00. The third kappa shape index (κ3) is 3.53. The largest absolute Gasteiger partial charge is 0.307 e. The van der Waals surface area contributed by atoms with Gasteiger partial charge in [-0.05, 0) is 52.2 Å². The van der Waals surface area contributed by atoms with Gasteiger partial charge in [-0.2, -0.15) is 5.10 Å². The lowest BCUT2D eigenvalue weighted by Gasteiger charge is -2.21. The number of nitrogens with zero attached hydrogens (tertiary/aromatic N) is 2. The molecule has 0 radical (unpaired) electrons. The van der Waals surface area contributed by atoms with E-state index in [1.54, 1.807) is 0 Å². The molecule has 1 N–H and O–H groups in total. The molecule has 3 heteroatoms. The van der Waals surface area contributed by atoms with Crippen LogP contribution in [0.2, 0.25) is 0 Å². The monoisotopic (exact) mass is 285 g/mol. The van der Waals surface area contributed by atoms with Crippen LogP contribution in [0.15, 0.2) is 24.3 Å². The zero-order valence-electron chi connectivity index (χ0n) is 14.1. The van der Waals surface area contributed by atoms with E-state index < -0.39 is 0 Å². The van der Waals surface area contributed by atoms with Crippen molar-refractivity contribution in [3.8, 4) is 0 Å². The van der Waals surface area contributed by atoms with Gasteiger partial charge in [0.05, 0.1) is 5.69 Å². The van der Waals surface area contributed by atoms with Crippen LogP contribution in [-0.2, 0) is 13.5 Å². The van der Waals surface area contributed by atoms with E-state index in [1.165, 1.54) is 22.4 Å². The van der Waals surface area contributed by atoms with Crippen molar-refractivity contribution in [1.29, 1.82) is 0 Å². The summed E-state index contributed by atoms with van der Waals surface area (Å²) in [6.07, 6.45) is 1.05. The number of rotatable bonds is 5. The lowest BCUT2D eigenvalue weighted by Crippen LogP contribution is -2.31. The molecular weight excluding hydrogens is 258 g/mol. The molecule has 2 atom stereocenters. The summed E-state index contributed by atoms with van der Waals surface area (Å²) in [6.45, 7) is 10.9. The van der Waals surface area contributed by atoms with Crippen LogP contribution in [0.1, 0.15) is 48.0 Å². The molecule has 0 aliphatic heterocycles. The summed E-state index contributed by atoms with van der Waals surface area (Å²) in [5.41, 5.74) is 6.49. The summed E-state index contributed by atoms with van der Waals surface area (Å²) in [5, 5.41) is 8.23. The van der Waals surface area contributed by atoms with Crippen LogP contribution in [0.4, 0.5) is 0 Å². The zero-order valence-corrected chi connectivity index (χ0v) is 14.1. The standard InChI is InChI=1S/C18H27N3/c1-12-9-7-8-10-17(12)11-13(2)19-14(3)18-15(4)20-21(6)16(18)5/h7-10,13-14,19H,11H2,1-6H3. The molecule has 2 unspecified atom stereocenters. The van der Waals surface area contributed by atoms with Crippen molar-refractivity contribution in [3.05, 3.63) is 52.3 Å². The molecule has 3 nitrogen and oxygen atoms in total. The topological polar surface area (TPSA) is 29.9 Å². The maximum absolute atomic E-state index is 4.51. The first kappa shape index (κ1) is 15.8. The number of hydrogen-bond donors (Lipinski definition) is 1. The maximum atomic E-state index is 4.51. The highest BCUT2D eigenvalue weighted by atomic mass is 15.3. The van der Waals surface area contributed by atoms with Crippen molar-refractivity contribution in [2.45, 2.75) is 53.1 Å². The molecular formula is C18H27N3. The van der Waals surface area contributed by atoms with Gasteiger partial charge >= 0.3 is 0 Å². The fourth-order valence-electron chi connectivity index (χ4n) is 3.15. The molecule has 0 aliphatic carbocycles. The predicted molar refractivity (Wildman–Crippen MR) is 88.6 cm³/mol. The Labute approximate surface area is 128 Å². The van der Waals surface area contributed by atoms with Gasteiger partial charge in [0.25, 0.3) is 0 Å². The van der Waals surface area contributed by atoms with Gasteiger partial charge in [0.2, 0.25) is 0 Å². The van der Waals surface area contributed by atoms with Gasteiger partial charge in [-0.15, -0.1) is 0 Å². The summed E-state index contributed by atoms with van der Waals surface area (Å²) in [6, 6.07) is 9.37. The number of benzene rings is 1. The molecule has 2 aromatic rings. The van der Waals surface area contributed by atoms with Gasteiger partial charge in [-0.3, -0.25) is 4.68 Å². The van der Waals surface area contributed by atoms with Gasteiger partial charge in [0.15, 0.2) is 0 Å². The average Bonchev–Trinajstić information content (AvgIpc) is 2.66. The fourth-order valence-corrected chi connectivity index (χ4v) is 3.15. The van der Waals surface area contributed by atoms with Crippen molar-refractivity contribution in [3.63, 3.8) is 0 Å². The molecule has 0 fully saturated rings. The molecule has 0 saturated heterocycles. The molecule has 0 aliphatic rings. The summed E-state index contributed by atoms with van der Waals surface area (Å²) < 4.78 is 1.97. The molecule has 0 saturated carbocycles. The molecule has 1 heterocycles. The SMILES string of the molecule is Cc1ccccc1CC(C)NC(C)c1c(C)nn(C)c1C. The Balaban J connectivity index is 2.05. The third-order valence-corrected chi connectivity index (χ3v) is 4.32. The van der Waals surface area contributed by atoms with Crippen LogP contribution in [0.25, 0.3) is 0 Å². The predicted octanol–water partition coefficient (Wildman–Crippen LogP) is 3.63. The van der Waals surface area contributed by atoms with Crippen LogP contribution in [0.5, 0.6) is 0 Å². The molecule has 0 amide bonds. The van der Waals surface area contributed by atoms with Crippen LogP contribution >= 0.6 is 0 Å². The van der Waals surface area contributed by atoms with Crippen molar-refractivity contribution in [2.24, 2.45) is 7.05 Å². The van der Waals surface area contributed by atoms with Gasteiger partial charge in [0, 0.05) is 30.4 Å². The maximum Gasteiger partial charge on any atom is 0.0644 e. The number of aryl methyl sites for hydroxylation is 3. The molecule has 1 aromatic heterocycles. The number of aromatic nitrogens is 2. The van der Waals surface area contributed by atoms with E-state index >= 15 is 0 Å². The van der Waals surface area contributed by atoms with Crippen LogP contribution in [-0.4, -0.2) is 15.8 Å². The highest BCUT2D eigenvalue weighted by Gasteiger charge is 2.18. The number of hydrogen-bond acceptors (Lipinski definition) is 2. The van der Waals surface area contributed by atoms with Crippen molar-refractivity contribution >= 4 is 0 Å². The second-order valence-corrected chi connectivity index (χ2v) is 6.13. The van der Waals surface area contributed by atoms with Gasteiger partial charge < -0.3 is 5.32 Å². The first-order chi connectivity index (χ1) is 9.90. The summed E-state index contributed by atoms with van der Waals surface area (Å²) in [4.78, 5) is 0. The van der Waals surface area contributed by atoms with E-state index in [9.17, 15) is 0 Å². The second-order valence-electron chi connectivity index (χ2n) is 6.13. The fraction of sp³-hybridized carbons (Fsp3) is 0.500. The summed E-state index contributed by atoms with van der Waals surface area (Å²) >= 11 is 0. The Kier molecular flexibility index (Phi) is 4.84. The summed E-state index contributed by atoms with van der Waals surface area (Å²) in [7, 11) is 2.01. The van der Waals surface area contributed by atoms with Gasteiger partial charge in [-0.25, -0.2) is 0 Å². The Hall–Kier alpha value is -1.61. The summed E-state index contributed by atoms with van der Waals surface area (Å²) in [5.74, 6) is 0. The first-order valence-electron chi connectivity index (χ1n) is 7.70. The molecule has 114 valence electrons. The van der Waals surface area contributed by atoms with E-state index in [4.69, 9.17) is 0 Å². The molecule has 0 spiro atoms. The molecule has 21 heavy (non-hydrogen) atoms. The Morgan fingerprint density at radius 2 is 1.81 bits per heavy atom. The molecule has 0 bridgehead atoms. The van der Waals surface area contributed by atoms with Crippen molar-refractivity contribution in [1.82, 2.24) is 15.1 Å². The van der Waals surface area contributed by atoms with Crippen LogP contribution in [0, 0.1) is 20.8 Å². The highest BCUT2D eigenvalue weighted by Crippen LogP contribution is 2.21. The number of nitrogens with one attached hydrogen (secondary N) is 1. The normalized spacial score (nSPS) is 14.2. The molecule has 1 aromatic carbocycles. The smallest absolute Gasteiger partial charge is 0.0644 e. The second kappa shape index (κ2) is 6.44. The Bertz CT molecular complexity index is 613. The Morgan fingerprint density at radius 3 is 2.38 bits per heavy atom. The van der Waals surface area contributed by atoms with E-state index in [0.29, 0.717) is 12.1 Å². The first-order valence-corrected chi connectivity index (χ1v) is 7.70. The van der Waals surface area contributed by atoms with Crippen LogP contribution in [0.3, 0.4) is 0 Å². The highest BCUT2D eigenvalue weighted by molar-refractivity contribution is 5.29. The zero-order chi connectivity index (χ0) is 15.6. The lowest BCUT2D eigenvalue weighted by molar-refractivity contribution is 0.473.